The van der Waals surface area contributed by atoms with E-state index in [0.29, 0.717) is 12.8 Å². The Labute approximate surface area is 83.2 Å². The molecule has 0 bridgehead atoms. The Balaban J connectivity index is 2.34. The van der Waals surface area contributed by atoms with Crippen molar-refractivity contribution in [1.82, 2.24) is 0 Å². The third-order valence-electron chi connectivity index (χ3n) is 2.78. The lowest BCUT2D eigenvalue weighted by molar-refractivity contribution is 0.383. The molecule has 14 heavy (non-hydrogen) atoms. The molecule has 0 aliphatic heterocycles. The first-order chi connectivity index (χ1) is 6.33. The summed E-state index contributed by atoms with van der Waals surface area (Å²) >= 11 is 0. The lowest BCUT2D eigenvalue weighted by atomic mass is 10.1. The molecule has 0 aromatic heterocycles. The van der Waals surface area contributed by atoms with Gasteiger partial charge in [-0.15, -0.1) is 0 Å². The maximum atomic E-state index is 11.6. The van der Waals surface area contributed by atoms with Crippen molar-refractivity contribution in [2.45, 2.75) is 18.1 Å². The second-order valence-corrected chi connectivity index (χ2v) is 7.38. The molecule has 1 aliphatic rings. The van der Waals surface area contributed by atoms with Crippen LogP contribution in [0.3, 0.4) is 0 Å². The minimum Gasteiger partial charge on any atom is -0.308 e. The third-order valence-corrected chi connectivity index (χ3v) is 4.65. The van der Waals surface area contributed by atoms with Crippen molar-refractivity contribution in [3.05, 3.63) is 35.4 Å². The van der Waals surface area contributed by atoms with Crippen LogP contribution in [0.1, 0.15) is 11.1 Å². The molecule has 4 heteroatoms. The average molecular weight is 214 g/mol. The molecule has 0 unspecified atom stereocenters. The zero-order valence-corrected chi connectivity index (χ0v) is 8.83. The molecule has 0 atom stereocenters. The van der Waals surface area contributed by atoms with Gasteiger partial charge in [0.2, 0.25) is 0 Å². The van der Waals surface area contributed by atoms with Crippen molar-refractivity contribution in [2.75, 3.05) is 6.26 Å². The highest BCUT2D eigenvalue weighted by Crippen LogP contribution is 2.33. The fraction of sp³-hybridized carbons (Fsp3) is 0.400. The summed E-state index contributed by atoms with van der Waals surface area (Å²) in [6.07, 6.45) is 2.02. The lowest BCUT2D eigenvalue weighted by Crippen LogP contribution is -2.43. The van der Waals surface area contributed by atoms with E-state index in [1.807, 2.05) is 24.3 Å². The van der Waals surface area contributed by atoms with Gasteiger partial charge >= 0.3 is 0 Å². The smallest absolute Gasteiger partial charge is 0.0832 e. The summed E-state index contributed by atoms with van der Waals surface area (Å²) in [5, 5.41) is -0.551. The quantitative estimate of drug-likeness (QED) is 0.745. The van der Waals surface area contributed by atoms with Crippen molar-refractivity contribution < 1.29 is 13.3 Å². The van der Waals surface area contributed by atoms with Gasteiger partial charge in [-0.2, -0.15) is 0 Å². The molecule has 3 nitrogen and oxygen atoms in total. The number of benzene rings is 1. The van der Waals surface area contributed by atoms with Crippen molar-refractivity contribution in [1.29, 1.82) is 0 Å². The fourth-order valence-corrected chi connectivity index (χ4v) is 3.03. The van der Waals surface area contributed by atoms with E-state index in [9.17, 15) is 13.3 Å². The van der Waals surface area contributed by atoms with Gasteiger partial charge in [0.1, 0.15) is 0 Å². The van der Waals surface area contributed by atoms with E-state index in [2.05, 4.69) is 0 Å². The Kier molecular flexibility index (Phi) is 1.86. The average Bonchev–Trinajstić information content (AvgIpc) is 2.44. The van der Waals surface area contributed by atoms with Crippen LogP contribution in [0.2, 0.25) is 0 Å². The van der Waals surface area contributed by atoms with E-state index in [0.717, 1.165) is 17.4 Å². The van der Waals surface area contributed by atoms with Gasteiger partial charge in [0.15, 0.2) is 0 Å². The summed E-state index contributed by atoms with van der Waals surface area (Å²) < 4.78 is 30.5. The minimum absolute atomic E-state index is 0.491. The van der Waals surface area contributed by atoms with Crippen molar-refractivity contribution in [2.24, 2.45) is 0 Å². The van der Waals surface area contributed by atoms with E-state index in [1.165, 1.54) is 0 Å². The van der Waals surface area contributed by atoms with Gasteiger partial charge < -0.3 is 9.11 Å². The molecule has 0 amide bonds. The van der Waals surface area contributed by atoms with Crippen LogP contribution in [-0.4, -0.2) is 24.8 Å². The Hall–Kier alpha value is -0.710. The SMILES string of the molecule is CS(=O)(O)(O)C1Cc2ccccc2C1. The van der Waals surface area contributed by atoms with E-state index < -0.39 is 14.9 Å². The molecular formula is C10H14O3S. The highest BCUT2D eigenvalue weighted by atomic mass is 32.3. The fourth-order valence-electron chi connectivity index (χ4n) is 1.90. The second kappa shape index (κ2) is 2.66. The lowest BCUT2D eigenvalue weighted by Gasteiger charge is -2.31. The van der Waals surface area contributed by atoms with Crippen LogP contribution in [0.25, 0.3) is 0 Å². The first-order valence-corrected chi connectivity index (χ1v) is 6.88. The molecular weight excluding hydrogens is 200 g/mol. The van der Waals surface area contributed by atoms with E-state index >= 15 is 0 Å². The van der Waals surface area contributed by atoms with Gasteiger partial charge in [-0.05, 0) is 24.0 Å². The molecule has 0 spiro atoms. The van der Waals surface area contributed by atoms with Crippen LogP contribution in [0.5, 0.6) is 0 Å². The summed E-state index contributed by atoms with van der Waals surface area (Å²) in [5.41, 5.74) is 2.14. The van der Waals surface area contributed by atoms with Crippen LogP contribution in [0.15, 0.2) is 24.3 Å². The zero-order chi connectivity index (χ0) is 10.4. The van der Waals surface area contributed by atoms with Gasteiger partial charge in [-0.1, -0.05) is 24.3 Å². The molecule has 78 valence electrons. The Morgan fingerprint density at radius 1 is 1.21 bits per heavy atom. The van der Waals surface area contributed by atoms with E-state index in [4.69, 9.17) is 0 Å². The van der Waals surface area contributed by atoms with Gasteiger partial charge in [0.25, 0.3) is 0 Å². The summed E-state index contributed by atoms with van der Waals surface area (Å²) in [4.78, 5) is 0. The van der Waals surface area contributed by atoms with Gasteiger partial charge in [-0.3, -0.25) is 0 Å². The largest absolute Gasteiger partial charge is 0.308 e. The van der Waals surface area contributed by atoms with Crippen molar-refractivity contribution in [3.63, 3.8) is 0 Å². The first-order valence-electron chi connectivity index (χ1n) is 4.53. The molecule has 1 aromatic carbocycles. The summed E-state index contributed by atoms with van der Waals surface area (Å²) in [5.74, 6) is 0. The van der Waals surface area contributed by atoms with Gasteiger partial charge in [-0.25, -0.2) is 4.21 Å². The Morgan fingerprint density at radius 3 is 2.00 bits per heavy atom. The van der Waals surface area contributed by atoms with Crippen molar-refractivity contribution in [3.8, 4) is 0 Å². The second-order valence-electron chi connectivity index (χ2n) is 4.10. The molecule has 0 saturated carbocycles. The number of rotatable bonds is 1. The summed E-state index contributed by atoms with van der Waals surface area (Å²) in [6.45, 7) is 0. The molecule has 2 rings (SSSR count). The first kappa shape index (κ1) is 9.83. The minimum atomic E-state index is -4.39. The van der Waals surface area contributed by atoms with Crippen LogP contribution in [0, 0.1) is 0 Å². The third kappa shape index (κ3) is 1.73. The van der Waals surface area contributed by atoms with Crippen LogP contribution >= 0.6 is 0 Å². The standard InChI is InChI=1S/C10H14O3S/c1-14(11,12,13)10-6-8-4-2-3-5-9(8)7-10/h2-5,10H,6-7H2,1H3,(H2,11,12,13). The van der Waals surface area contributed by atoms with Gasteiger partial charge in [0.05, 0.1) is 14.9 Å². The van der Waals surface area contributed by atoms with Crippen LogP contribution < -0.4 is 0 Å². The Morgan fingerprint density at radius 2 is 1.64 bits per heavy atom. The normalized spacial score (nSPS) is 20.1. The highest BCUT2D eigenvalue weighted by Gasteiger charge is 2.39. The van der Waals surface area contributed by atoms with Gasteiger partial charge in [0, 0.05) is 6.26 Å². The van der Waals surface area contributed by atoms with Crippen LogP contribution in [-0.2, 0) is 22.5 Å². The van der Waals surface area contributed by atoms with E-state index in [-0.39, 0.29) is 0 Å². The topological polar surface area (TPSA) is 57.5 Å². The monoisotopic (exact) mass is 214 g/mol. The molecule has 0 fully saturated rings. The molecule has 1 aliphatic carbocycles. The summed E-state index contributed by atoms with van der Waals surface area (Å²) in [7, 11) is -4.39. The predicted molar refractivity (Wildman–Crippen MR) is 57.0 cm³/mol. The summed E-state index contributed by atoms with van der Waals surface area (Å²) in [6, 6.07) is 7.69. The molecule has 0 radical (unpaired) electrons. The molecule has 2 N–H and O–H groups in total. The zero-order valence-electron chi connectivity index (χ0n) is 8.01. The maximum absolute atomic E-state index is 11.6. The molecule has 1 aromatic rings. The molecule has 0 saturated heterocycles. The van der Waals surface area contributed by atoms with Crippen LogP contribution in [0.4, 0.5) is 0 Å². The number of hydrogen-bond acceptors (Lipinski definition) is 1. The maximum Gasteiger partial charge on any atom is 0.0832 e. The highest BCUT2D eigenvalue weighted by molar-refractivity contribution is 8.10. The number of fused-ring (bicyclic) bond motifs is 1. The molecule has 0 heterocycles. The number of hydrogen-bond donors (Lipinski definition) is 2. The Bertz CT molecular complexity index is 397. The van der Waals surface area contributed by atoms with Crippen molar-refractivity contribution >= 4 is 9.63 Å². The van der Waals surface area contributed by atoms with E-state index in [1.54, 1.807) is 0 Å². The predicted octanol–water partition coefficient (Wildman–Crippen LogP) is 1.55.